The smallest absolute Gasteiger partial charge is 0.0815 e. The van der Waals surface area contributed by atoms with Crippen LogP contribution in [0.1, 0.15) is 155 Å². The topological polar surface area (TPSA) is 129 Å². The first kappa shape index (κ1) is 73.0. The molecule has 0 aromatic carbocycles. The predicted molar refractivity (Wildman–Crippen MR) is 275 cm³/mol. The minimum atomic E-state index is 0.0709. The first-order chi connectivity index (χ1) is 31.5. The van der Waals surface area contributed by atoms with Gasteiger partial charge in [-0.05, 0) is 147 Å². The maximum Gasteiger partial charge on any atom is 0.0815 e. The van der Waals surface area contributed by atoms with Gasteiger partial charge in [-0.2, -0.15) is 0 Å². The van der Waals surface area contributed by atoms with Crippen molar-refractivity contribution < 1.29 is 66.3 Å². The molecule has 0 spiro atoms. The molecule has 9 unspecified atom stereocenters. The molecule has 0 aliphatic carbocycles. The van der Waals surface area contributed by atoms with Gasteiger partial charge in [0.1, 0.15) is 0 Å². The number of hydrogen-bond acceptors (Lipinski definition) is 14. The Labute approximate surface area is 414 Å². The molecule has 3 aliphatic rings. The lowest BCUT2D eigenvalue weighted by molar-refractivity contribution is -0.126. The Kier molecular flexibility index (Phi) is 50.7. The van der Waals surface area contributed by atoms with E-state index in [-0.39, 0.29) is 53.4 Å². The van der Waals surface area contributed by atoms with Crippen LogP contribution in [0.15, 0.2) is 0 Å². The number of hydrogen-bond donors (Lipinski definition) is 0. The molecule has 14 nitrogen and oxygen atoms in total. The molecule has 3 heterocycles. The van der Waals surface area contributed by atoms with E-state index in [0.29, 0.717) is 24.5 Å². The summed E-state index contributed by atoms with van der Waals surface area (Å²) in [5, 5.41) is 0. The Balaban J connectivity index is -0.000000347. The summed E-state index contributed by atoms with van der Waals surface area (Å²) in [6, 6.07) is 0. The molecule has 67 heavy (non-hydrogen) atoms. The summed E-state index contributed by atoms with van der Waals surface area (Å²) in [6.07, 6.45) is 12.0. The molecule has 3 fully saturated rings. The first-order valence-corrected chi connectivity index (χ1v) is 25.3. The highest BCUT2D eigenvalue weighted by atomic mass is 16.6. The van der Waals surface area contributed by atoms with Crippen molar-refractivity contribution in [1.29, 1.82) is 0 Å². The van der Waals surface area contributed by atoms with Crippen LogP contribution in [0.2, 0.25) is 0 Å². The van der Waals surface area contributed by atoms with Crippen molar-refractivity contribution in [2.45, 2.75) is 214 Å². The Bertz CT molecular complexity index is 936. The van der Waals surface area contributed by atoms with Crippen LogP contribution in [-0.2, 0) is 66.3 Å². The normalized spacial score (nSPS) is 22.9. The highest BCUT2D eigenvalue weighted by molar-refractivity contribution is 4.79. The third-order valence-electron chi connectivity index (χ3n) is 11.9. The highest BCUT2D eigenvalue weighted by Gasteiger charge is 2.30. The maximum absolute atomic E-state index is 5.79. The fraction of sp³-hybridized carbons (Fsp3) is 1.00. The summed E-state index contributed by atoms with van der Waals surface area (Å²) in [5.41, 5.74) is 0.243. The average Bonchev–Trinajstić information content (AvgIpc) is 3.29. The van der Waals surface area contributed by atoms with Gasteiger partial charge in [0.2, 0.25) is 0 Å². The van der Waals surface area contributed by atoms with Crippen molar-refractivity contribution in [3.8, 4) is 0 Å². The molecule has 0 saturated carbocycles. The van der Waals surface area contributed by atoms with Gasteiger partial charge in [0.15, 0.2) is 0 Å². The molecule has 0 aromatic heterocycles. The predicted octanol–water partition coefficient (Wildman–Crippen LogP) is 10.7. The van der Waals surface area contributed by atoms with Crippen LogP contribution in [0.3, 0.4) is 0 Å². The van der Waals surface area contributed by atoms with Gasteiger partial charge in [-0.25, -0.2) is 0 Å². The second-order valence-corrected chi connectivity index (χ2v) is 19.3. The molecule has 410 valence electrons. The van der Waals surface area contributed by atoms with Gasteiger partial charge in [-0.3, -0.25) is 0 Å². The fourth-order valence-electron chi connectivity index (χ4n) is 6.90. The standard InChI is InChI=1S/3C9H18O2.2C7H16O2.2C6H14O2/c1-9(2)6-8(7-10-3)4-5-11-9;1-9(2)5-4-8(6-10-3)7-11-9;1-9(2)6-4-5-8(11-9)7-10-3;1-5-9-7(3)6(2)8-4;1-4-7(8-3)6-9-5-2;1-5(7-3)6(2)8-4;1-4-6(8-3)5-7-2/h3*8H,4-7H2,1-3H3;6-7H,5H2,1-4H3;7H,4-6H2,1-3H3;5-6H,1-4H3;6H,4-5H2,1-3H3. The van der Waals surface area contributed by atoms with Crippen molar-refractivity contribution in [1.82, 2.24) is 0 Å². The van der Waals surface area contributed by atoms with E-state index >= 15 is 0 Å². The van der Waals surface area contributed by atoms with E-state index < -0.39 is 0 Å². The van der Waals surface area contributed by atoms with E-state index in [1.807, 2.05) is 41.5 Å². The molecule has 9 atom stereocenters. The Morgan fingerprint density at radius 3 is 1.37 bits per heavy atom. The third-order valence-corrected chi connectivity index (χ3v) is 11.9. The Hall–Kier alpha value is -0.560. The molecule has 0 aromatic rings. The molecule has 3 aliphatic heterocycles. The number of rotatable bonds is 22. The molecule has 0 radical (unpaired) electrons. The van der Waals surface area contributed by atoms with Crippen molar-refractivity contribution in [2.24, 2.45) is 11.8 Å². The van der Waals surface area contributed by atoms with Gasteiger partial charge in [0.25, 0.3) is 0 Å². The molecule has 3 rings (SSSR count). The van der Waals surface area contributed by atoms with E-state index in [1.54, 1.807) is 64.0 Å². The molecular formula is C53H114O14. The SMILES string of the molecule is CCC(COC)OC.CCOC(C)C(C)OC.CCOCC(CC)OC.COC(C)C(C)OC.COCC1CCC(C)(C)OC1.COCC1CCCC(C)(C)O1.COCC1CCOC(C)(C)C1. The fourth-order valence-corrected chi connectivity index (χ4v) is 6.90. The average molecular weight is 975 g/mol. The van der Waals surface area contributed by atoms with Crippen molar-refractivity contribution >= 4 is 0 Å². The van der Waals surface area contributed by atoms with Gasteiger partial charge < -0.3 is 66.3 Å². The van der Waals surface area contributed by atoms with Crippen LogP contribution in [0, 0.1) is 11.8 Å². The summed E-state index contributed by atoms with van der Waals surface area (Å²) >= 11 is 0. The quantitative estimate of drug-likeness (QED) is 0.102. The molecule has 0 bridgehead atoms. The molecule has 0 amide bonds. The van der Waals surface area contributed by atoms with Crippen LogP contribution in [-0.4, -0.2) is 183 Å². The van der Waals surface area contributed by atoms with Crippen LogP contribution in [0.4, 0.5) is 0 Å². The summed E-state index contributed by atoms with van der Waals surface area (Å²) < 4.78 is 72.6. The molecule has 3 saturated heterocycles. The van der Waals surface area contributed by atoms with Gasteiger partial charge in [0, 0.05) is 96.3 Å². The second-order valence-electron chi connectivity index (χ2n) is 19.3. The zero-order chi connectivity index (χ0) is 52.3. The second kappa shape index (κ2) is 46.5. The zero-order valence-corrected chi connectivity index (χ0v) is 48.1. The number of ether oxygens (including phenoxy) is 14. The molecular weight excluding hydrogens is 861 g/mol. The lowest BCUT2D eigenvalue weighted by atomic mass is 9.89. The van der Waals surface area contributed by atoms with E-state index in [2.05, 4.69) is 55.4 Å². The minimum absolute atomic E-state index is 0.0709. The molecule has 0 N–H and O–H groups in total. The maximum atomic E-state index is 5.79. The van der Waals surface area contributed by atoms with Gasteiger partial charge in [-0.1, -0.05) is 13.8 Å². The summed E-state index contributed by atoms with van der Waals surface area (Å²) in [4.78, 5) is 0. The summed E-state index contributed by atoms with van der Waals surface area (Å²) in [6.45, 7) is 36.2. The van der Waals surface area contributed by atoms with E-state index in [4.69, 9.17) is 66.3 Å². The van der Waals surface area contributed by atoms with Crippen molar-refractivity contribution in [3.63, 3.8) is 0 Å². The monoisotopic (exact) mass is 975 g/mol. The van der Waals surface area contributed by atoms with Crippen LogP contribution in [0.5, 0.6) is 0 Å². The van der Waals surface area contributed by atoms with Crippen LogP contribution in [0.25, 0.3) is 0 Å². The summed E-state index contributed by atoms with van der Waals surface area (Å²) in [5.74, 6) is 1.32. The largest absolute Gasteiger partial charge is 0.384 e. The Morgan fingerprint density at radius 1 is 0.493 bits per heavy atom. The van der Waals surface area contributed by atoms with Crippen LogP contribution < -0.4 is 0 Å². The van der Waals surface area contributed by atoms with Gasteiger partial charge in [-0.15, -0.1) is 0 Å². The lowest BCUT2D eigenvalue weighted by Crippen LogP contribution is -2.37. The summed E-state index contributed by atoms with van der Waals surface area (Å²) in [7, 11) is 15.4. The third kappa shape index (κ3) is 45.1. The van der Waals surface area contributed by atoms with Gasteiger partial charge >= 0.3 is 0 Å². The van der Waals surface area contributed by atoms with E-state index in [0.717, 1.165) is 91.4 Å². The van der Waals surface area contributed by atoms with Crippen LogP contribution >= 0.6 is 0 Å². The zero-order valence-electron chi connectivity index (χ0n) is 48.1. The van der Waals surface area contributed by atoms with E-state index in [9.17, 15) is 0 Å². The Morgan fingerprint density at radius 2 is 1.00 bits per heavy atom. The van der Waals surface area contributed by atoms with Crippen molar-refractivity contribution in [3.05, 3.63) is 0 Å². The first-order valence-electron chi connectivity index (χ1n) is 25.3. The lowest BCUT2D eigenvalue weighted by Gasteiger charge is -2.35. The number of methoxy groups -OCH3 is 9. The molecule has 14 heteroatoms. The van der Waals surface area contributed by atoms with Gasteiger partial charge in [0.05, 0.1) is 92.6 Å². The highest BCUT2D eigenvalue weighted by Crippen LogP contribution is 2.29. The van der Waals surface area contributed by atoms with Crippen molar-refractivity contribution in [2.75, 3.05) is 123 Å². The van der Waals surface area contributed by atoms with E-state index in [1.165, 1.54) is 19.3 Å². The minimum Gasteiger partial charge on any atom is -0.384 e.